The Labute approximate surface area is 120 Å². The summed E-state index contributed by atoms with van der Waals surface area (Å²) in [5, 5.41) is 2.93. The van der Waals surface area contributed by atoms with Gasteiger partial charge in [0.1, 0.15) is 6.54 Å². The van der Waals surface area contributed by atoms with E-state index in [1.807, 2.05) is 54.6 Å². The van der Waals surface area contributed by atoms with Crippen LogP contribution in [0.2, 0.25) is 0 Å². The maximum atomic E-state index is 12.0. The summed E-state index contributed by atoms with van der Waals surface area (Å²) >= 11 is 0. The van der Waals surface area contributed by atoms with Crippen LogP contribution in [0, 0.1) is 0 Å². The highest BCUT2D eigenvalue weighted by molar-refractivity contribution is 5.94. The quantitative estimate of drug-likeness (QED) is 0.842. The van der Waals surface area contributed by atoms with Crippen molar-refractivity contribution >= 4 is 5.91 Å². The Morgan fingerprint density at radius 1 is 0.950 bits per heavy atom. The molecule has 104 valence electrons. The first-order valence-corrected chi connectivity index (χ1v) is 6.85. The van der Waals surface area contributed by atoms with Crippen molar-refractivity contribution in [3.63, 3.8) is 0 Å². The average molecular weight is 269 g/mol. The van der Waals surface area contributed by atoms with Crippen LogP contribution in [0.3, 0.4) is 0 Å². The van der Waals surface area contributed by atoms with Crippen molar-refractivity contribution in [1.82, 2.24) is 5.32 Å². The third kappa shape index (κ3) is 4.21. The molecule has 3 heteroatoms. The molecule has 2 aromatic carbocycles. The van der Waals surface area contributed by atoms with E-state index in [1.54, 1.807) is 0 Å². The Balaban J connectivity index is 1.92. The molecule has 0 aliphatic heterocycles. The topological polar surface area (TPSA) is 33.5 Å². The fourth-order valence-electron chi connectivity index (χ4n) is 2.06. The van der Waals surface area contributed by atoms with Gasteiger partial charge in [0.15, 0.2) is 0 Å². The van der Waals surface area contributed by atoms with E-state index in [0.717, 1.165) is 12.1 Å². The highest BCUT2D eigenvalue weighted by Gasteiger charge is 2.06. The van der Waals surface area contributed by atoms with Crippen LogP contribution in [-0.2, 0) is 13.1 Å². The molecule has 2 rings (SSSR count). The number of carbonyl (C=O) groups is 1. The molecule has 2 N–H and O–H groups in total. The predicted octanol–water partition coefficient (Wildman–Crippen LogP) is 1.26. The second-order valence-corrected chi connectivity index (χ2v) is 5.25. The zero-order valence-electron chi connectivity index (χ0n) is 12.0. The molecule has 0 bridgehead atoms. The van der Waals surface area contributed by atoms with E-state index < -0.39 is 0 Å². The summed E-state index contributed by atoms with van der Waals surface area (Å²) in [5.41, 5.74) is 3.05. The standard InChI is InChI=1S/C17H20N2O/c1-19(2)13-15-8-10-16(11-9-15)17(20)18-12-14-6-4-3-5-7-14/h3-11H,12-13H2,1-2H3,(H,18,20)/p+1. The van der Waals surface area contributed by atoms with Gasteiger partial charge in [-0.15, -0.1) is 0 Å². The Kier molecular flexibility index (Phi) is 4.91. The van der Waals surface area contributed by atoms with Crippen LogP contribution in [0.5, 0.6) is 0 Å². The van der Waals surface area contributed by atoms with Crippen LogP contribution >= 0.6 is 0 Å². The smallest absolute Gasteiger partial charge is 0.251 e. The molecule has 20 heavy (non-hydrogen) atoms. The minimum absolute atomic E-state index is 0.0300. The summed E-state index contributed by atoms with van der Waals surface area (Å²) in [7, 11) is 4.22. The molecule has 3 nitrogen and oxygen atoms in total. The fourth-order valence-corrected chi connectivity index (χ4v) is 2.06. The number of benzene rings is 2. The fraction of sp³-hybridized carbons (Fsp3) is 0.235. The van der Waals surface area contributed by atoms with Gasteiger partial charge in [0.25, 0.3) is 5.91 Å². The number of carbonyl (C=O) groups excluding carboxylic acids is 1. The largest absolute Gasteiger partial charge is 0.348 e. The Morgan fingerprint density at radius 3 is 2.20 bits per heavy atom. The van der Waals surface area contributed by atoms with Crippen LogP contribution < -0.4 is 10.2 Å². The SMILES string of the molecule is C[NH+](C)Cc1ccc(C(=O)NCc2ccccc2)cc1. The van der Waals surface area contributed by atoms with Gasteiger partial charge in [-0.05, 0) is 17.7 Å². The summed E-state index contributed by atoms with van der Waals surface area (Å²) in [6.07, 6.45) is 0. The molecule has 0 heterocycles. The number of amides is 1. The van der Waals surface area contributed by atoms with Crippen molar-refractivity contribution in [2.75, 3.05) is 14.1 Å². The summed E-state index contributed by atoms with van der Waals surface area (Å²) < 4.78 is 0. The first-order valence-electron chi connectivity index (χ1n) is 6.85. The highest BCUT2D eigenvalue weighted by Crippen LogP contribution is 2.04. The first-order chi connectivity index (χ1) is 9.65. The molecule has 0 saturated heterocycles. The number of quaternary nitrogens is 1. The maximum absolute atomic E-state index is 12.0. The van der Waals surface area contributed by atoms with Crippen molar-refractivity contribution in [3.05, 3.63) is 71.3 Å². The highest BCUT2D eigenvalue weighted by atomic mass is 16.1. The molecule has 0 spiro atoms. The molecular weight excluding hydrogens is 248 g/mol. The molecule has 0 atom stereocenters. The molecule has 0 fully saturated rings. The third-order valence-electron chi connectivity index (χ3n) is 3.07. The lowest BCUT2D eigenvalue weighted by molar-refractivity contribution is -0.872. The van der Waals surface area contributed by atoms with Gasteiger partial charge in [-0.3, -0.25) is 4.79 Å². The lowest BCUT2D eigenvalue weighted by Crippen LogP contribution is -3.04. The van der Waals surface area contributed by atoms with Crippen molar-refractivity contribution in [3.8, 4) is 0 Å². The van der Waals surface area contributed by atoms with E-state index in [9.17, 15) is 4.79 Å². The molecule has 0 aliphatic carbocycles. The lowest BCUT2D eigenvalue weighted by Gasteiger charge is -2.08. The van der Waals surface area contributed by atoms with Crippen molar-refractivity contribution in [2.45, 2.75) is 13.1 Å². The van der Waals surface area contributed by atoms with E-state index in [2.05, 4.69) is 19.4 Å². The van der Waals surface area contributed by atoms with Gasteiger partial charge in [0, 0.05) is 17.7 Å². The average Bonchev–Trinajstić information content (AvgIpc) is 2.46. The minimum atomic E-state index is -0.0300. The van der Waals surface area contributed by atoms with Crippen LogP contribution in [-0.4, -0.2) is 20.0 Å². The van der Waals surface area contributed by atoms with Gasteiger partial charge in [0.2, 0.25) is 0 Å². The summed E-state index contributed by atoms with van der Waals surface area (Å²) in [6.45, 7) is 1.52. The monoisotopic (exact) mass is 269 g/mol. The summed E-state index contributed by atoms with van der Waals surface area (Å²) in [6, 6.07) is 17.7. The van der Waals surface area contributed by atoms with Crippen molar-refractivity contribution in [1.29, 1.82) is 0 Å². The van der Waals surface area contributed by atoms with Crippen molar-refractivity contribution < 1.29 is 9.69 Å². The molecular formula is C17H21N2O+. The zero-order valence-corrected chi connectivity index (χ0v) is 12.0. The Morgan fingerprint density at radius 2 is 1.60 bits per heavy atom. The molecule has 1 amide bonds. The number of rotatable bonds is 5. The summed E-state index contributed by atoms with van der Waals surface area (Å²) in [5.74, 6) is -0.0300. The van der Waals surface area contributed by atoms with Crippen molar-refractivity contribution in [2.24, 2.45) is 0 Å². The van der Waals surface area contributed by atoms with E-state index >= 15 is 0 Å². The first kappa shape index (κ1) is 14.3. The Hall–Kier alpha value is -2.13. The van der Waals surface area contributed by atoms with Crippen LogP contribution in [0.15, 0.2) is 54.6 Å². The molecule has 0 aliphatic rings. The van der Waals surface area contributed by atoms with E-state index in [4.69, 9.17) is 0 Å². The molecule has 2 aromatic rings. The van der Waals surface area contributed by atoms with Crippen LogP contribution in [0.4, 0.5) is 0 Å². The van der Waals surface area contributed by atoms with Gasteiger partial charge in [0.05, 0.1) is 14.1 Å². The molecule has 0 aromatic heterocycles. The predicted molar refractivity (Wildman–Crippen MR) is 80.6 cm³/mol. The van der Waals surface area contributed by atoms with Crippen LogP contribution in [0.25, 0.3) is 0 Å². The van der Waals surface area contributed by atoms with Gasteiger partial charge in [-0.2, -0.15) is 0 Å². The van der Waals surface area contributed by atoms with Gasteiger partial charge < -0.3 is 10.2 Å². The van der Waals surface area contributed by atoms with Gasteiger partial charge >= 0.3 is 0 Å². The summed E-state index contributed by atoms with van der Waals surface area (Å²) in [4.78, 5) is 13.4. The number of nitrogens with one attached hydrogen (secondary N) is 2. The van der Waals surface area contributed by atoms with Gasteiger partial charge in [-0.25, -0.2) is 0 Å². The maximum Gasteiger partial charge on any atom is 0.251 e. The number of hydrogen-bond acceptors (Lipinski definition) is 1. The van der Waals surface area contributed by atoms with E-state index in [1.165, 1.54) is 10.5 Å². The Bertz CT molecular complexity index is 547. The molecule has 0 saturated carbocycles. The normalized spacial score (nSPS) is 10.6. The van der Waals surface area contributed by atoms with E-state index in [0.29, 0.717) is 12.1 Å². The van der Waals surface area contributed by atoms with Crippen LogP contribution in [0.1, 0.15) is 21.5 Å². The second kappa shape index (κ2) is 6.87. The minimum Gasteiger partial charge on any atom is -0.348 e. The zero-order chi connectivity index (χ0) is 14.4. The third-order valence-corrected chi connectivity index (χ3v) is 3.07. The van der Waals surface area contributed by atoms with E-state index in [-0.39, 0.29) is 5.91 Å². The second-order valence-electron chi connectivity index (χ2n) is 5.25. The number of hydrogen-bond donors (Lipinski definition) is 2. The molecule has 0 radical (unpaired) electrons. The lowest BCUT2D eigenvalue weighted by atomic mass is 10.1. The molecule has 0 unspecified atom stereocenters. The van der Waals surface area contributed by atoms with Gasteiger partial charge in [-0.1, -0.05) is 42.5 Å².